The van der Waals surface area contributed by atoms with E-state index in [-0.39, 0.29) is 12.2 Å². The molecule has 0 saturated heterocycles. The van der Waals surface area contributed by atoms with E-state index in [1.54, 1.807) is 5.38 Å². The van der Waals surface area contributed by atoms with Crippen molar-refractivity contribution < 1.29 is 13.2 Å². The lowest BCUT2D eigenvalue weighted by atomic mass is 10.2. The van der Waals surface area contributed by atoms with Gasteiger partial charge in [0.05, 0.1) is 0 Å². The molecule has 2 aromatic carbocycles. The summed E-state index contributed by atoms with van der Waals surface area (Å²) in [4.78, 5) is 16.5. The van der Waals surface area contributed by atoms with Crippen LogP contribution in [0.5, 0.6) is 0 Å². The average molecular weight is 387 g/mol. The normalized spacial score (nSPS) is 11.5. The molecular formula is C18H17N3O3S2. The predicted octanol–water partition coefficient (Wildman–Crippen LogP) is 2.92. The highest BCUT2D eigenvalue weighted by Gasteiger charge is 2.23. The second-order valence-electron chi connectivity index (χ2n) is 5.58. The maximum atomic E-state index is 12.4. The van der Waals surface area contributed by atoms with E-state index in [1.165, 1.54) is 18.4 Å². The van der Waals surface area contributed by atoms with Gasteiger partial charge in [0, 0.05) is 24.5 Å². The average Bonchev–Trinajstić information content (AvgIpc) is 3.13. The maximum absolute atomic E-state index is 12.4. The summed E-state index contributed by atoms with van der Waals surface area (Å²) in [7, 11) is -2.55. The molecule has 0 saturated carbocycles. The molecule has 26 heavy (non-hydrogen) atoms. The first-order valence-corrected chi connectivity index (χ1v) is 10.1. The van der Waals surface area contributed by atoms with E-state index < -0.39 is 16.1 Å². The van der Waals surface area contributed by atoms with Crippen LogP contribution in [0.4, 0.5) is 0 Å². The van der Waals surface area contributed by atoms with Crippen LogP contribution in [0, 0.1) is 0 Å². The number of nitrogens with one attached hydrogen (secondary N) is 1. The molecule has 0 spiro atoms. The third kappa shape index (κ3) is 4.34. The molecule has 0 fully saturated rings. The Morgan fingerprint density at radius 1 is 1.08 bits per heavy atom. The van der Waals surface area contributed by atoms with E-state index in [1.807, 2.05) is 60.7 Å². The Balaban J connectivity index is 1.70. The van der Waals surface area contributed by atoms with E-state index >= 15 is 0 Å². The summed E-state index contributed by atoms with van der Waals surface area (Å²) in [5.41, 5.74) is 1.78. The van der Waals surface area contributed by atoms with Crippen LogP contribution in [0.15, 0.2) is 66.0 Å². The van der Waals surface area contributed by atoms with Crippen molar-refractivity contribution in [3.05, 3.63) is 77.3 Å². The minimum atomic E-state index is -3.96. The van der Waals surface area contributed by atoms with Gasteiger partial charge in [-0.05, 0) is 5.56 Å². The molecule has 3 aromatic rings. The van der Waals surface area contributed by atoms with E-state index in [0.717, 1.165) is 15.4 Å². The number of hydrogen-bond donors (Lipinski definition) is 1. The molecule has 3 rings (SSSR count). The first-order valence-electron chi connectivity index (χ1n) is 7.79. The number of nitrogens with zero attached hydrogens (tertiary/aromatic N) is 2. The molecule has 0 bridgehead atoms. The van der Waals surface area contributed by atoms with Gasteiger partial charge in [-0.15, -0.1) is 11.3 Å². The minimum absolute atomic E-state index is 0.0746. The lowest BCUT2D eigenvalue weighted by molar-refractivity contribution is 0.0975. The summed E-state index contributed by atoms with van der Waals surface area (Å²) in [5.74, 6) is -0.747. The second kappa shape index (κ2) is 7.77. The van der Waals surface area contributed by atoms with Crippen molar-refractivity contribution in [1.82, 2.24) is 14.0 Å². The summed E-state index contributed by atoms with van der Waals surface area (Å²) in [6.07, 6.45) is 0. The van der Waals surface area contributed by atoms with E-state index in [9.17, 15) is 13.2 Å². The second-order valence-corrected chi connectivity index (χ2v) is 8.22. The number of hydrogen-bond acceptors (Lipinski definition) is 5. The van der Waals surface area contributed by atoms with Crippen LogP contribution in [0.25, 0.3) is 10.6 Å². The highest BCUT2D eigenvalue weighted by molar-refractivity contribution is 7.87. The van der Waals surface area contributed by atoms with E-state index in [0.29, 0.717) is 5.01 Å². The third-order valence-electron chi connectivity index (χ3n) is 3.64. The molecule has 1 amide bonds. The van der Waals surface area contributed by atoms with Gasteiger partial charge in [0.25, 0.3) is 5.91 Å². The van der Waals surface area contributed by atoms with Gasteiger partial charge in [-0.3, -0.25) is 4.79 Å². The Morgan fingerprint density at radius 3 is 2.35 bits per heavy atom. The van der Waals surface area contributed by atoms with Crippen molar-refractivity contribution in [2.75, 3.05) is 7.05 Å². The maximum Gasteiger partial charge on any atom is 0.304 e. The first-order chi connectivity index (χ1) is 12.5. The van der Waals surface area contributed by atoms with Gasteiger partial charge in [0.1, 0.15) is 10.7 Å². The fraction of sp³-hybridized carbons (Fsp3) is 0.111. The highest BCUT2D eigenvalue weighted by Crippen LogP contribution is 2.23. The number of thiazole rings is 1. The van der Waals surface area contributed by atoms with Crippen molar-refractivity contribution in [3.8, 4) is 10.6 Å². The van der Waals surface area contributed by atoms with E-state index in [2.05, 4.69) is 9.71 Å². The van der Waals surface area contributed by atoms with Crippen LogP contribution in [-0.4, -0.2) is 30.7 Å². The van der Waals surface area contributed by atoms with Crippen LogP contribution >= 0.6 is 11.3 Å². The Hall–Kier alpha value is -2.55. The molecule has 0 aliphatic heterocycles. The summed E-state index contributed by atoms with van der Waals surface area (Å²) >= 11 is 1.29. The highest BCUT2D eigenvalue weighted by atomic mass is 32.2. The molecule has 0 atom stereocenters. The van der Waals surface area contributed by atoms with Crippen LogP contribution in [0.1, 0.15) is 16.1 Å². The van der Waals surface area contributed by atoms with Crippen LogP contribution in [0.2, 0.25) is 0 Å². The molecule has 0 aliphatic carbocycles. The van der Waals surface area contributed by atoms with Gasteiger partial charge in [-0.2, -0.15) is 12.7 Å². The molecule has 0 radical (unpaired) electrons. The standard InChI is InChI=1S/C18H17N3O3S2/c1-21(12-14-8-4-2-5-9-14)26(23,24)20-17(22)16-13-25-18(19-16)15-10-6-3-7-11-15/h2-11,13H,12H2,1H3,(H,20,22). The van der Waals surface area contributed by atoms with E-state index in [4.69, 9.17) is 0 Å². The summed E-state index contributed by atoms with van der Waals surface area (Å²) in [6, 6.07) is 18.5. The number of carbonyl (C=O) groups is 1. The Morgan fingerprint density at radius 2 is 1.69 bits per heavy atom. The zero-order chi connectivity index (χ0) is 18.6. The fourth-order valence-corrected chi connectivity index (χ4v) is 3.88. The molecule has 1 aromatic heterocycles. The number of amides is 1. The van der Waals surface area contributed by atoms with Gasteiger partial charge >= 0.3 is 10.2 Å². The lowest BCUT2D eigenvalue weighted by Crippen LogP contribution is -2.41. The number of aromatic nitrogens is 1. The zero-order valence-corrected chi connectivity index (χ0v) is 15.6. The van der Waals surface area contributed by atoms with Crippen molar-refractivity contribution in [3.63, 3.8) is 0 Å². The molecule has 8 heteroatoms. The van der Waals surface area contributed by atoms with Crippen molar-refractivity contribution in [2.45, 2.75) is 6.54 Å². The fourth-order valence-electron chi connectivity index (χ4n) is 2.26. The quantitative estimate of drug-likeness (QED) is 0.705. The van der Waals surface area contributed by atoms with Crippen LogP contribution in [-0.2, 0) is 16.8 Å². The number of rotatable bonds is 6. The first kappa shape index (κ1) is 18.2. The Bertz CT molecular complexity index is 987. The van der Waals surface area contributed by atoms with Gasteiger partial charge in [0.2, 0.25) is 0 Å². The van der Waals surface area contributed by atoms with Crippen molar-refractivity contribution >= 4 is 27.5 Å². The summed E-state index contributed by atoms with van der Waals surface area (Å²) < 4.78 is 27.9. The Kier molecular flexibility index (Phi) is 5.46. The van der Waals surface area contributed by atoms with Gasteiger partial charge < -0.3 is 0 Å². The summed E-state index contributed by atoms with van der Waals surface area (Å²) in [5, 5.41) is 2.20. The lowest BCUT2D eigenvalue weighted by Gasteiger charge is -2.17. The monoisotopic (exact) mass is 387 g/mol. The van der Waals surface area contributed by atoms with Gasteiger partial charge in [0.15, 0.2) is 0 Å². The molecule has 0 aliphatic rings. The van der Waals surface area contributed by atoms with Gasteiger partial charge in [-0.25, -0.2) is 9.71 Å². The molecule has 6 nitrogen and oxygen atoms in total. The van der Waals surface area contributed by atoms with Crippen molar-refractivity contribution in [2.24, 2.45) is 0 Å². The largest absolute Gasteiger partial charge is 0.304 e. The number of carbonyl (C=O) groups excluding carboxylic acids is 1. The van der Waals surface area contributed by atoms with Crippen LogP contribution < -0.4 is 4.72 Å². The third-order valence-corrected chi connectivity index (χ3v) is 5.92. The summed E-state index contributed by atoms with van der Waals surface area (Å²) in [6.45, 7) is 0.162. The molecule has 134 valence electrons. The van der Waals surface area contributed by atoms with Gasteiger partial charge in [-0.1, -0.05) is 60.7 Å². The van der Waals surface area contributed by atoms with Crippen molar-refractivity contribution in [1.29, 1.82) is 0 Å². The Labute approximate surface area is 156 Å². The molecular weight excluding hydrogens is 370 g/mol. The minimum Gasteiger partial charge on any atom is -0.266 e. The molecule has 0 unspecified atom stereocenters. The number of benzene rings is 2. The SMILES string of the molecule is CN(Cc1ccccc1)S(=O)(=O)NC(=O)c1csc(-c2ccccc2)n1. The zero-order valence-electron chi connectivity index (χ0n) is 14.0. The smallest absolute Gasteiger partial charge is 0.266 e. The predicted molar refractivity (Wildman–Crippen MR) is 102 cm³/mol. The topological polar surface area (TPSA) is 79.4 Å². The van der Waals surface area contributed by atoms with Crippen LogP contribution in [0.3, 0.4) is 0 Å². The molecule has 1 N–H and O–H groups in total. The molecule has 1 heterocycles.